The van der Waals surface area contributed by atoms with Crippen LogP contribution in [0.5, 0.6) is 0 Å². The first kappa shape index (κ1) is 15.6. The van der Waals surface area contributed by atoms with E-state index in [-0.39, 0.29) is 11.6 Å². The van der Waals surface area contributed by atoms with Gasteiger partial charge in [-0.25, -0.2) is 5.43 Å². The van der Waals surface area contributed by atoms with Gasteiger partial charge in [-0.3, -0.25) is 10.1 Å². The summed E-state index contributed by atoms with van der Waals surface area (Å²) in [7, 11) is 0. The van der Waals surface area contributed by atoms with Gasteiger partial charge in [-0.05, 0) is 30.7 Å². The lowest BCUT2D eigenvalue weighted by Gasteiger charge is -2.02. The maximum Gasteiger partial charge on any atom is 0.269 e. The summed E-state index contributed by atoms with van der Waals surface area (Å²) in [5.41, 5.74) is 6.44. The second-order valence-corrected chi connectivity index (χ2v) is 5.62. The van der Waals surface area contributed by atoms with Crippen molar-refractivity contribution in [3.05, 3.63) is 64.2 Å². The van der Waals surface area contributed by atoms with Gasteiger partial charge in [0.1, 0.15) is 5.52 Å². The summed E-state index contributed by atoms with van der Waals surface area (Å²) in [6.45, 7) is 1.78. The smallest absolute Gasteiger partial charge is 0.269 e. The van der Waals surface area contributed by atoms with Gasteiger partial charge in [0.05, 0.1) is 10.6 Å². The number of nitrogens with zero attached hydrogens (tertiary/aromatic N) is 5. The first-order valence-corrected chi connectivity index (χ1v) is 7.78. The summed E-state index contributed by atoms with van der Waals surface area (Å²) >= 11 is 0. The maximum atomic E-state index is 10.7. The number of hydrazone groups is 1. The molecule has 0 fully saturated rings. The molecular formula is C17H13N7O2. The molecule has 0 aliphatic carbocycles. The van der Waals surface area contributed by atoms with E-state index in [1.54, 1.807) is 19.1 Å². The lowest BCUT2D eigenvalue weighted by molar-refractivity contribution is -0.384. The molecule has 0 saturated carbocycles. The summed E-state index contributed by atoms with van der Waals surface area (Å²) in [5.74, 6) is 0.255. The average Bonchev–Trinajstić information content (AvgIpc) is 3.04. The Morgan fingerprint density at radius 2 is 1.92 bits per heavy atom. The third-order valence-electron chi connectivity index (χ3n) is 3.94. The number of non-ortho nitro benzene ring substituents is 1. The van der Waals surface area contributed by atoms with Crippen molar-refractivity contribution in [2.75, 3.05) is 5.43 Å². The molecule has 2 aromatic carbocycles. The van der Waals surface area contributed by atoms with E-state index in [0.717, 1.165) is 16.5 Å². The van der Waals surface area contributed by atoms with Crippen molar-refractivity contribution in [2.24, 2.45) is 5.10 Å². The average molecular weight is 347 g/mol. The molecule has 26 heavy (non-hydrogen) atoms. The van der Waals surface area contributed by atoms with E-state index < -0.39 is 4.92 Å². The molecule has 0 bridgehead atoms. The number of hydrogen-bond acceptors (Lipinski definition) is 7. The monoisotopic (exact) mass is 347 g/mol. The number of hydrogen-bond donors (Lipinski definition) is 2. The Bertz CT molecular complexity index is 1150. The number of benzene rings is 2. The van der Waals surface area contributed by atoms with Crippen molar-refractivity contribution in [2.45, 2.75) is 6.92 Å². The minimum atomic E-state index is -0.441. The fourth-order valence-corrected chi connectivity index (χ4v) is 2.59. The van der Waals surface area contributed by atoms with Gasteiger partial charge < -0.3 is 4.98 Å². The fourth-order valence-electron chi connectivity index (χ4n) is 2.59. The van der Waals surface area contributed by atoms with Gasteiger partial charge in [0, 0.05) is 23.0 Å². The zero-order valence-corrected chi connectivity index (χ0v) is 13.7. The molecule has 9 heteroatoms. The third kappa shape index (κ3) is 2.81. The molecular weight excluding hydrogens is 334 g/mol. The number of aromatic nitrogens is 4. The van der Waals surface area contributed by atoms with E-state index in [1.165, 1.54) is 12.1 Å². The minimum absolute atomic E-state index is 0.0336. The summed E-state index contributed by atoms with van der Waals surface area (Å²) in [5, 5.41) is 24.1. The highest BCUT2D eigenvalue weighted by Crippen LogP contribution is 2.21. The number of aromatic amines is 1. The van der Waals surface area contributed by atoms with Gasteiger partial charge >= 0.3 is 0 Å². The van der Waals surface area contributed by atoms with Crippen LogP contribution in [-0.4, -0.2) is 30.8 Å². The molecule has 0 atom stereocenters. The Hall–Kier alpha value is -3.88. The van der Waals surface area contributed by atoms with E-state index >= 15 is 0 Å². The predicted molar refractivity (Wildman–Crippen MR) is 98.1 cm³/mol. The van der Waals surface area contributed by atoms with Crippen LogP contribution < -0.4 is 5.43 Å². The van der Waals surface area contributed by atoms with E-state index in [9.17, 15) is 10.1 Å². The van der Waals surface area contributed by atoms with Crippen molar-refractivity contribution in [1.82, 2.24) is 20.2 Å². The Kier molecular flexibility index (Phi) is 3.73. The van der Waals surface area contributed by atoms with Crippen molar-refractivity contribution < 1.29 is 4.92 Å². The summed E-state index contributed by atoms with van der Waals surface area (Å²) in [6, 6.07) is 13.9. The molecule has 9 nitrogen and oxygen atoms in total. The van der Waals surface area contributed by atoms with E-state index in [4.69, 9.17) is 0 Å². The predicted octanol–water partition coefficient (Wildman–Crippen LogP) is 3.25. The van der Waals surface area contributed by atoms with Crippen LogP contribution in [0.3, 0.4) is 0 Å². The highest BCUT2D eigenvalue weighted by molar-refractivity contribution is 6.03. The zero-order valence-electron chi connectivity index (χ0n) is 13.7. The summed E-state index contributed by atoms with van der Waals surface area (Å²) in [4.78, 5) is 17.8. The lowest BCUT2D eigenvalue weighted by atomic mass is 10.1. The Labute approximate surface area is 146 Å². The zero-order chi connectivity index (χ0) is 18.1. The Balaban J connectivity index is 1.59. The van der Waals surface area contributed by atoms with Crippen molar-refractivity contribution in [3.8, 4) is 0 Å². The van der Waals surface area contributed by atoms with Crippen molar-refractivity contribution in [3.63, 3.8) is 0 Å². The first-order chi connectivity index (χ1) is 12.6. The number of anilines is 1. The highest BCUT2D eigenvalue weighted by Gasteiger charge is 2.09. The molecule has 0 amide bonds. The van der Waals surface area contributed by atoms with E-state index in [2.05, 4.69) is 30.7 Å². The number of nitro groups is 1. The summed E-state index contributed by atoms with van der Waals surface area (Å²) < 4.78 is 0. The van der Waals surface area contributed by atoms with Crippen molar-refractivity contribution >= 4 is 39.4 Å². The SMILES string of the molecule is CC(=NNc1nnc2c(n1)[nH]c1ccccc12)c1ccc([N+](=O)[O-])cc1. The standard InChI is InChI=1S/C17H13N7O2/c1-10(11-6-8-12(9-7-11)24(25)26)20-22-17-19-16-15(21-23-17)13-4-2-3-5-14(13)18-16/h2-9H,1H3,(H2,18,19,22,23). The van der Waals surface area contributed by atoms with Crippen molar-refractivity contribution in [1.29, 1.82) is 0 Å². The van der Waals surface area contributed by atoms with Crippen LogP contribution in [-0.2, 0) is 0 Å². The molecule has 0 aliphatic rings. The number of H-pyrrole nitrogens is 1. The molecule has 2 heterocycles. The van der Waals surface area contributed by atoms with Crippen LogP contribution in [0.15, 0.2) is 53.6 Å². The number of fused-ring (bicyclic) bond motifs is 3. The van der Waals surface area contributed by atoms with Crippen LogP contribution >= 0.6 is 0 Å². The highest BCUT2D eigenvalue weighted by atomic mass is 16.6. The van der Waals surface area contributed by atoms with Crippen LogP contribution in [0.4, 0.5) is 11.6 Å². The first-order valence-electron chi connectivity index (χ1n) is 7.78. The van der Waals surface area contributed by atoms with E-state index in [1.807, 2.05) is 24.3 Å². The molecule has 2 aromatic heterocycles. The number of nitro benzene ring substituents is 1. The normalized spacial score (nSPS) is 11.8. The largest absolute Gasteiger partial charge is 0.338 e. The molecule has 4 rings (SSSR count). The van der Waals surface area contributed by atoms with Crippen LogP contribution in [0.25, 0.3) is 22.1 Å². The number of rotatable bonds is 4. The van der Waals surface area contributed by atoms with Crippen LogP contribution in [0.1, 0.15) is 12.5 Å². The number of para-hydroxylation sites is 1. The lowest BCUT2D eigenvalue weighted by Crippen LogP contribution is -2.03. The second kappa shape index (κ2) is 6.20. The van der Waals surface area contributed by atoms with Gasteiger partial charge in [-0.2, -0.15) is 10.1 Å². The quantitative estimate of drug-likeness (QED) is 0.332. The van der Waals surface area contributed by atoms with Gasteiger partial charge in [-0.15, -0.1) is 10.2 Å². The molecule has 0 radical (unpaired) electrons. The maximum absolute atomic E-state index is 10.7. The van der Waals surface area contributed by atoms with Crippen LogP contribution in [0, 0.1) is 10.1 Å². The van der Waals surface area contributed by atoms with E-state index in [0.29, 0.717) is 16.9 Å². The molecule has 0 saturated heterocycles. The Morgan fingerprint density at radius 3 is 2.69 bits per heavy atom. The molecule has 0 spiro atoms. The molecule has 2 N–H and O–H groups in total. The van der Waals surface area contributed by atoms with Gasteiger partial charge in [0.25, 0.3) is 11.6 Å². The van der Waals surface area contributed by atoms with Crippen LogP contribution in [0.2, 0.25) is 0 Å². The molecule has 0 unspecified atom stereocenters. The van der Waals surface area contributed by atoms with Gasteiger partial charge in [-0.1, -0.05) is 18.2 Å². The summed E-state index contributed by atoms with van der Waals surface area (Å²) in [6.07, 6.45) is 0. The molecule has 128 valence electrons. The molecule has 4 aromatic rings. The second-order valence-electron chi connectivity index (χ2n) is 5.62. The molecule has 0 aliphatic heterocycles. The minimum Gasteiger partial charge on any atom is -0.338 e. The Morgan fingerprint density at radius 1 is 1.15 bits per heavy atom. The van der Waals surface area contributed by atoms with Gasteiger partial charge in [0.15, 0.2) is 5.65 Å². The topological polar surface area (TPSA) is 122 Å². The number of nitrogens with one attached hydrogen (secondary N) is 2. The fraction of sp³-hybridized carbons (Fsp3) is 0.0588. The van der Waals surface area contributed by atoms with Gasteiger partial charge in [0.2, 0.25) is 0 Å². The third-order valence-corrected chi connectivity index (χ3v) is 3.94.